The summed E-state index contributed by atoms with van der Waals surface area (Å²) in [4.78, 5) is -0.175. The lowest BCUT2D eigenvalue weighted by molar-refractivity contribution is 0.297. The number of hydrogen-bond acceptors (Lipinski definition) is 3. The van der Waals surface area contributed by atoms with Crippen LogP contribution < -0.4 is 4.74 Å². The minimum Gasteiger partial charge on any atom is -0.492 e. The van der Waals surface area contributed by atoms with Crippen LogP contribution in [0.3, 0.4) is 0 Å². The maximum atomic E-state index is 11.0. The predicted octanol–water partition coefficient (Wildman–Crippen LogP) is 2.50. The van der Waals surface area contributed by atoms with E-state index >= 15 is 0 Å². The Morgan fingerprint density at radius 2 is 1.94 bits per heavy atom. The van der Waals surface area contributed by atoms with Crippen LogP contribution in [0.4, 0.5) is 0 Å². The van der Waals surface area contributed by atoms with Crippen LogP contribution >= 0.6 is 0 Å². The summed E-state index contributed by atoms with van der Waals surface area (Å²) < 4.78 is 36.3. The predicted molar refractivity (Wildman–Crippen MR) is 61.3 cm³/mol. The SMILES string of the molecule is CCCCCOc1ccccc1S(=O)(=O)O. The number of benzene rings is 1. The van der Waals surface area contributed by atoms with Crippen molar-refractivity contribution < 1.29 is 17.7 Å². The summed E-state index contributed by atoms with van der Waals surface area (Å²) in [5.41, 5.74) is 0. The zero-order chi connectivity index (χ0) is 12.0. The summed E-state index contributed by atoms with van der Waals surface area (Å²) in [6, 6.07) is 6.07. The molecule has 0 aliphatic rings. The molecule has 0 aliphatic heterocycles. The van der Waals surface area contributed by atoms with Gasteiger partial charge in [-0.3, -0.25) is 4.55 Å². The Kier molecular flexibility index (Phi) is 4.76. The molecule has 0 radical (unpaired) electrons. The van der Waals surface area contributed by atoms with Gasteiger partial charge >= 0.3 is 0 Å². The van der Waals surface area contributed by atoms with E-state index in [2.05, 4.69) is 6.92 Å². The maximum absolute atomic E-state index is 11.0. The average molecular weight is 244 g/mol. The molecule has 0 aromatic heterocycles. The van der Waals surface area contributed by atoms with Crippen LogP contribution in [0, 0.1) is 0 Å². The Labute approximate surface area is 96.0 Å². The molecule has 0 atom stereocenters. The van der Waals surface area contributed by atoms with Crippen molar-refractivity contribution in [3.63, 3.8) is 0 Å². The summed E-state index contributed by atoms with van der Waals surface area (Å²) in [6.07, 6.45) is 2.98. The molecule has 1 N–H and O–H groups in total. The van der Waals surface area contributed by atoms with E-state index in [1.165, 1.54) is 12.1 Å². The summed E-state index contributed by atoms with van der Waals surface area (Å²) >= 11 is 0. The van der Waals surface area contributed by atoms with Gasteiger partial charge < -0.3 is 4.74 Å². The zero-order valence-corrected chi connectivity index (χ0v) is 10.0. The molecule has 90 valence electrons. The van der Waals surface area contributed by atoms with Gasteiger partial charge in [0.2, 0.25) is 0 Å². The Balaban J connectivity index is 2.73. The van der Waals surface area contributed by atoms with Gasteiger partial charge in [-0.2, -0.15) is 8.42 Å². The van der Waals surface area contributed by atoms with Crippen molar-refractivity contribution in [2.24, 2.45) is 0 Å². The van der Waals surface area contributed by atoms with Gasteiger partial charge in [0.15, 0.2) is 0 Å². The van der Waals surface area contributed by atoms with E-state index in [0.717, 1.165) is 19.3 Å². The molecule has 0 saturated heterocycles. The largest absolute Gasteiger partial charge is 0.492 e. The molecule has 0 saturated carbocycles. The lowest BCUT2D eigenvalue weighted by atomic mass is 10.3. The van der Waals surface area contributed by atoms with Gasteiger partial charge in [0.05, 0.1) is 6.61 Å². The summed E-state index contributed by atoms with van der Waals surface area (Å²) in [5.74, 6) is 0.209. The highest BCUT2D eigenvalue weighted by molar-refractivity contribution is 7.86. The fourth-order valence-corrected chi connectivity index (χ4v) is 1.95. The second-order valence-electron chi connectivity index (χ2n) is 3.48. The van der Waals surface area contributed by atoms with Crippen LogP contribution in [0.15, 0.2) is 29.2 Å². The summed E-state index contributed by atoms with van der Waals surface area (Å²) in [7, 11) is -4.20. The molecule has 0 aliphatic carbocycles. The molecule has 1 rings (SSSR count). The molecular weight excluding hydrogens is 228 g/mol. The van der Waals surface area contributed by atoms with E-state index in [-0.39, 0.29) is 10.6 Å². The minimum absolute atomic E-state index is 0.175. The smallest absolute Gasteiger partial charge is 0.298 e. The molecule has 1 aromatic carbocycles. The minimum atomic E-state index is -4.20. The first-order chi connectivity index (χ1) is 7.55. The van der Waals surface area contributed by atoms with Gasteiger partial charge in [0.25, 0.3) is 10.1 Å². The lowest BCUT2D eigenvalue weighted by Gasteiger charge is -2.08. The molecule has 1 aromatic rings. The number of unbranched alkanes of at least 4 members (excludes halogenated alkanes) is 2. The molecule has 0 unspecified atom stereocenters. The standard InChI is InChI=1S/C11H16O4S/c1-2-3-6-9-15-10-7-4-5-8-11(10)16(12,13)14/h4-5,7-8H,2-3,6,9H2,1H3,(H,12,13,14). The van der Waals surface area contributed by atoms with E-state index in [4.69, 9.17) is 9.29 Å². The Morgan fingerprint density at radius 1 is 1.25 bits per heavy atom. The Morgan fingerprint density at radius 3 is 2.56 bits per heavy atom. The number of rotatable bonds is 6. The van der Waals surface area contributed by atoms with Crippen molar-refractivity contribution in [2.45, 2.75) is 31.1 Å². The quantitative estimate of drug-likeness (QED) is 0.617. The van der Waals surface area contributed by atoms with E-state index in [0.29, 0.717) is 6.61 Å². The molecule has 0 bridgehead atoms. The van der Waals surface area contributed by atoms with E-state index in [1.54, 1.807) is 12.1 Å². The van der Waals surface area contributed by atoms with Crippen molar-refractivity contribution in [1.82, 2.24) is 0 Å². The van der Waals surface area contributed by atoms with Crippen molar-refractivity contribution in [3.8, 4) is 5.75 Å². The topological polar surface area (TPSA) is 63.6 Å². The van der Waals surface area contributed by atoms with Gasteiger partial charge in [0, 0.05) is 0 Å². The molecule has 4 nitrogen and oxygen atoms in total. The van der Waals surface area contributed by atoms with Crippen LogP contribution in [-0.4, -0.2) is 19.6 Å². The third-order valence-corrected chi connectivity index (χ3v) is 3.03. The molecule has 16 heavy (non-hydrogen) atoms. The number of para-hydroxylation sites is 1. The Hall–Kier alpha value is -1.07. The lowest BCUT2D eigenvalue weighted by Crippen LogP contribution is -2.04. The highest BCUT2D eigenvalue weighted by Crippen LogP contribution is 2.23. The van der Waals surface area contributed by atoms with E-state index in [9.17, 15) is 8.42 Å². The summed E-state index contributed by atoms with van der Waals surface area (Å²) in [5, 5.41) is 0. The van der Waals surface area contributed by atoms with Crippen molar-refractivity contribution in [3.05, 3.63) is 24.3 Å². The molecule has 0 spiro atoms. The number of hydrogen-bond donors (Lipinski definition) is 1. The number of ether oxygens (including phenoxy) is 1. The average Bonchev–Trinajstić information content (AvgIpc) is 2.24. The third-order valence-electron chi connectivity index (χ3n) is 2.13. The molecular formula is C11H16O4S. The fraction of sp³-hybridized carbons (Fsp3) is 0.455. The van der Waals surface area contributed by atoms with Gasteiger partial charge in [-0.15, -0.1) is 0 Å². The molecule has 0 amide bonds. The first-order valence-electron chi connectivity index (χ1n) is 5.25. The monoisotopic (exact) mass is 244 g/mol. The highest BCUT2D eigenvalue weighted by Gasteiger charge is 2.15. The summed E-state index contributed by atoms with van der Waals surface area (Å²) in [6.45, 7) is 2.53. The fourth-order valence-electron chi connectivity index (χ4n) is 1.32. The molecule has 0 fully saturated rings. The van der Waals surface area contributed by atoms with Gasteiger partial charge in [-0.25, -0.2) is 0 Å². The van der Waals surface area contributed by atoms with Crippen LogP contribution in [0.5, 0.6) is 5.75 Å². The van der Waals surface area contributed by atoms with Crippen molar-refractivity contribution in [1.29, 1.82) is 0 Å². The van der Waals surface area contributed by atoms with Crippen molar-refractivity contribution in [2.75, 3.05) is 6.61 Å². The van der Waals surface area contributed by atoms with Crippen LogP contribution in [0.2, 0.25) is 0 Å². The first-order valence-corrected chi connectivity index (χ1v) is 6.69. The molecule has 0 heterocycles. The van der Waals surface area contributed by atoms with Gasteiger partial charge in [-0.05, 0) is 18.6 Å². The van der Waals surface area contributed by atoms with Crippen LogP contribution in [0.25, 0.3) is 0 Å². The van der Waals surface area contributed by atoms with E-state index in [1.807, 2.05) is 0 Å². The Bertz CT molecular complexity index is 425. The van der Waals surface area contributed by atoms with Crippen molar-refractivity contribution >= 4 is 10.1 Å². The zero-order valence-electron chi connectivity index (χ0n) is 9.22. The van der Waals surface area contributed by atoms with Gasteiger partial charge in [0.1, 0.15) is 10.6 Å². The second-order valence-corrected chi connectivity index (χ2v) is 4.87. The van der Waals surface area contributed by atoms with Crippen LogP contribution in [-0.2, 0) is 10.1 Å². The van der Waals surface area contributed by atoms with Crippen LogP contribution in [0.1, 0.15) is 26.2 Å². The third kappa shape index (κ3) is 3.83. The second kappa shape index (κ2) is 5.86. The van der Waals surface area contributed by atoms with E-state index < -0.39 is 10.1 Å². The first kappa shape index (κ1) is 13.0. The molecule has 5 heteroatoms. The highest BCUT2D eigenvalue weighted by atomic mass is 32.2. The maximum Gasteiger partial charge on any atom is 0.298 e. The normalized spacial score (nSPS) is 11.4. The van der Waals surface area contributed by atoms with Gasteiger partial charge in [-0.1, -0.05) is 31.9 Å².